The van der Waals surface area contributed by atoms with E-state index in [9.17, 15) is 5.11 Å². The molecule has 0 saturated carbocycles. The van der Waals surface area contributed by atoms with Gasteiger partial charge in [-0.25, -0.2) is 4.98 Å². The first kappa shape index (κ1) is 26.7. The van der Waals surface area contributed by atoms with E-state index in [-0.39, 0.29) is 5.75 Å². The number of imidazole rings is 1. The van der Waals surface area contributed by atoms with Gasteiger partial charge < -0.3 is 5.11 Å². The summed E-state index contributed by atoms with van der Waals surface area (Å²) in [5.41, 5.74) is 9.39. The lowest BCUT2D eigenvalue weighted by Crippen LogP contribution is -1.97. The minimum atomic E-state index is 0.194. The Morgan fingerprint density at radius 3 is 1.90 bits per heavy atom. The largest absolute Gasteiger partial charge is 0.506 e. The van der Waals surface area contributed by atoms with E-state index in [1.165, 1.54) is 37.9 Å². The van der Waals surface area contributed by atoms with Crippen molar-refractivity contribution in [1.29, 1.82) is 0 Å². The van der Waals surface area contributed by atoms with Crippen LogP contribution in [-0.2, 0) is 0 Å². The number of phenols is 1. The molecular weight excluding hydrogens is 587 g/mol. The van der Waals surface area contributed by atoms with Crippen molar-refractivity contribution in [2.45, 2.75) is 0 Å². The van der Waals surface area contributed by atoms with E-state index in [4.69, 9.17) is 4.98 Å². The van der Waals surface area contributed by atoms with Gasteiger partial charge >= 0.3 is 0 Å². The van der Waals surface area contributed by atoms with Gasteiger partial charge in [0.05, 0.1) is 11.0 Å². The van der Waals surface area contributed by atoms with Crippen LogP contribution in [-0.4, -0.2) is 19.6 Å². The third-order valence-corrected chi connectivity index (χ3v) is 9.73. The van der Waals surface area contributed by atoms with E-state index in [0.717, 1.165) is 50.2 Å². The molecule has 0 spiro atoms. The third-order valence-electron chi connectivity index (χ3n) is 9.73. The van der Waals surface area contributed by atoms with Crippen LogP contribution >= 0.6 is 0 Å². The molecule has 2 aromatic heterocycles. The molecule has 0 amide bonds. The Bertz CT molecular complexity index is 2830. The van der Waals surface area contributed by atoms with Crippen LogP contribution in [0.4, 0.5) is 0 Å². The molecule has 0 aliphatic carbocycles. The van der Waals surface area contributed by atoms with Crippen LogP contribution < -0.4 is 0 Å². The summed E-state index contributed by atoms with van der Waals surface area (Å²) >= 11 is 0. The number of aromatic nitrogens is 3. The fourth-order valence-electron chi connectivity index (χ4n) is 7.54. The smallest absolute Gasteiger partial charge is 0.145 e. The molecule has 8 aromatic carbocycles. The van der Waals surface area contributed by atoms with Gasteiger partial charge in [-0.05, 0) is 97.0 Å². The molecular formula is C44H27N3O. The highest BCUT2D eigenvalue weighted by Crippen LogP contribution is 2.44. The van der Waals surface area contributed by atoms with Gasteiger partial charge in [-0.2, -0.15) is 0 Å². The van der Waals surface area contributed by atoms with Crippen LogP contribution in [0.2, 0.25) is 0 Å². The summed E-state index contributed by atoms with van der Waals surface area (Å²) in [6, 6.07) is 53.2. The molecule has 10 aromatic rings. The summed E-state index contributed by atoms with van der Waals surface area (Å²) in [6.07, 6.45) is 1.73. The van der Waals surface area contributed by atoms with Crippen molar-refractivity contribution >= 4 is 54.3 Å². The number of fused-ring (bicyclic) bond motifs is 2. The van der Waals surface area contributed by atoms with Gasteiger partial charge in [-0.3, -0.25) is 9.55 Å². The summed E-state index contributed by atoms with van der Waals surface area (Å²) in [7, 11) is 0. The molecule has 10 rings (SSSR count). The van der Waals surface area contributed by atoms with Crippen LogP contribution in [0, 0.1) is 0 Å². The van der Waals surface area contributed by atoms with Crippen LogP contribution in [0.5, 0.6) is 5.75 Å². The van der Waals surface area contributed by atoms with Crippen LogP contribution in [0.3, 0.4) is 0 Å². The molecule has 0 aliphatic rings. The second-order valence-electron chi connectivity index (χ2n) is 12.4. The lowest BCUT2D eigenvalue weighted by atomic mass is 9.86. The highest BCUT2D eigenvalue weighted by Gasteiger charge is 2.18. The van der Waals surface area contributed by atoms with E-state index < -0.39 is 0 Å². The predicted molar refractivity (Wildman–Crippen MR) is 198 cm³/mol. The van der Waals surface area contributed by atoms with Gasteiger partial charge in [0.25, 0.3) is 0 Å². The Morgan fingerprint density at radius 2 is 1.10 bits per heavy atom. The number of hydrogen-bond acceptors (Lipinski definition) is 3. The monoisotopic (exact) mass is 613 g/mol. The minimum absolute atomic E-state index is 0.194. The maximum Gasteiger partial charge on any atom is 0.145 e. The Balaban J connectivity index is 1.14. The summed E-state index contributed by atoms with van der Waals surface area (Å²) < 4.78 is 2.24. The van der Waals surface area contributed by atoms with E-state index >= 15 is 0 Å². The number of para-hydroxylation sites is 3. The van der Waals surface area contributed by atoms with Crippen molar-refractivity contribution in [3.63, 3.8) is 0 Å². The van der Waals surface area contributed by atoms with Crippen molar-refractivity contribution in [3.05, 3.63) is 158 Å². The number of rotatable bonds is 4. The van der Waals surface area contributed by atoms with Crippen LogP contribution in [0.25, 0.3) is 93.6 Å². The second kappa shape index (κ2) is 10.2. The van der Waals surface area contributed by atoms with Gasteiger partial charge in [0.1, 0.15) is 17.1 Å². The van der Waals surface area contributed by atoms with Crippen molar-refractivity contribution in [2.75, 3.05) is 0 Å². The van der Waals surface area contributed by atoms with Gasteiger partial charge in [-0.1, -0.05) is 109 Å². The van der Waals surface area contributed by atoms with E-state index in [1.54, 1.807) is 12.3 Å². The molecule has 1 N–H and O–H groups in total. The predicted octanol–water partition coefficient (Wildman–Crippen LogP) is 11.2. The molecule has 48 heavy (non-hydrogen) atoms. The first-order chi connectivity index (χ1) is 23.7. The number of nitrogens with zero attached hydrogens (tertiary/aromatic N) is 3. The standard InChI is InChI=1S/C44H27N3O/c48-40-25-24-34(37-9-6-26-45-43(37)40)33-21-17-29-18-22-35-32(20-16-28-19-23-36(33)42(29)41(28)35)27-12-14-30(15-13-27)44-46-38-10-4-5-11-39(38)47(44)31-7-2-1-3-8-31/h1-26,48H. The number of benzene rings is 8. The number of aromatic hydroxyl groups is 1. The van der Waals surface area contributed by atoms with E-state index in [0.29, 0.717) is 5.52 Å². The highest BCUT2D eigenvalue weighted by atomic mass is 16.3. The first-order valence-corrected chi connectivity index (χ1v) is 16.1. The summed E-state index contributed by atoms with van der Waals surface area (Å²) in [6.45, 7) is 0. The minimum Gasteiger partial charge on any atom is -0.506 e. The zero-order valence-corrected chi connectivity index (χ0v) is 25.8. The molecule has 0 fully saturated rings. The van der Waals surface area contributed by atoms with Crippen molar-refractivity contribution in [2.24, 2.45) is 0 Å². The Morgan fingerprint density at radius 1 is 0.479 bits per heavy atom. The lowest BCUT2D eigenvalue weighted by Gasteiger charge is -2.17. The van der Waals surface area contributed by atoms with E-state index in [2.05, 4.69) is 125 Å². The van der Waals surface area contributed by atoms with E-state index in [1.807, 2.05) is 30.3 Å². The Kier molecular flexibility index (Phi) is 5.69. The average molecular weight is 614 g/mol. The van der Waals surface area contributed by atoms with Gasteiger partial charge in [0.15, 0.2) is 0 Å². The molecule has 4 heteroatoms. The van der Waals surface area contributed by atoms with Crippen molar-refractivity contribution in [1.82, 2.24) is 14.5 Å². The fraction of sp³-hybridized carbons (Fsp3) is 0. The maximum atomic E-state index is 10.5. The zero-order chi connectivity index (χ0) is 31.8. The summed E-state index contributed by atoms with van der Waals surface area (Å²) in [4.78, 5) is 9.54. The highest BCUT2D eigenvalue weighted by molar-refractivity contribution is 6.28. The molecule has 0 saturated heterocycles. The summed E-state index contributed by atoms with van der Waals surface area (Å²) in [5, 5.41) is 18.8. The van der Waals surface area contributed by atoms with Gasteiger partial charge in [0, 0.05) is 22.8 Å². The Labute approximate surface area is 276 Å². The summed E-state index contributed by atoms with van der Waals surface area (Å²) in [5.74, 6) is 1.12. The van der Waals surface area contributed by atoms with Crippen LogP contribution in [0.1, 0.15) is 0 Å². The number of pyridine rings is 1. The van der Waals surface area contributed by atoms with Crippen LogP contribution in [0.15, 0.2) is 158 Å². The van der Waals surface area contributed by atoms with Gasteiger partial charge in [-0.15, -0.1) is 0 Å². The first-order valence-electron chi connectivity index (χ1n) is 16.1. The molecule has 0 atom stereocenters. The topological polar surface area (TPSA) is 50.9 Å². The second-order valence-corrected chi connectivity index (χ2v) is 12.4. The van der Waals surface area contributed by atoms with Crippen molar-refractivity contribution in [3.8, 4) is 45.1 Å². The fourth-order valence-corrected chi connectivity index (χ4v) is 7.54. The molecule has 0 bridgehead atoms. The normalized spacial score (nSPS) is 11.8. The molecule has 0 aliphatic heterocycles. The quantitative estimate of drug-likeness (QED) is 0.201. The maximum absolute atomic E-state index is 10.5. The molecule has 224 valence electrons. The van der Waals surface area contributed by atoms with Gasteiger partial charge in [0.2, 0.25) is 0 Å². The SMILES string of the molecule is Oc1ccc(-c2ccc3ccc4c(-c5ccc(-c6nc7ccccc7n6-c6ccccc6)cc5)ccc5ccc2c3c54)c2cccnc12. The lowest BCUT2D eigenvalue weighted by molar-refractivity contribution is 0.480. The molecule has 0 unspecified atom stereocenters. The molecule has 4 nitrogen and oxygen atoms in total. The molecule has 2 heterocycles. The zero-order valence-electron chi connectivity index (χ0n) is 25.8. The molecule has 0 radical (unpaired) electrons. The van der Waals surface area contributed by atoms with Crippen molar-refractivity contribution < 1.29 is 5.11 Å². The average Bonchev–Trinajstić information content (AvgIpc) is 3.54. The number of hydrogen-bond donors (Lipinski definition) is 1. The third kappa shape index (κ3) is 3.90. The Hall–Kier alpha value is -6.52. The number of phenolic OH excluding ortho intramolecular Hbond substituents is 1.